The number of hydrogen-bond donors (Lipinski definition) is 0. The van der Waals surface area contributed by atoms with E-state index in [9.17, 15) is 19.7 Å². The number of para-hydroxylation sites is 1. The van der Waals surface area contributed by atoms with Gasteiger partial charge in [0, 0.05) is 17.7 Å². The van der Waals surface area contributed by atoms with Crippen LogP contribution in [-0.4, -0.2) is 29.2 Å². The fraction of sp³-hybridized carbons (Fsp3) is 0.207. The zero-order chi connectivity index (χ0) is 28.6. The van der Waals surface area contributed by atoms with Gasteiger partial charge in [0.1, 0.15) is 23.3 Å². The molecule has 204 valence electrons. The number of aryl methyl sites for hydroxylation is 1. The van der Waals surface area contributed by atoms with Crippen LogP contribution in [0, 0.1) is 17.0 Å². The number of thiazole rings is 1. The van der Waals surface area contributed by atoms with Gasteiger partial charge < -0.3 is 13.9 Å². The topological polar surface area (TPSA) is 126 Å². The van der Waals surface area contributed by atoms with Crippen LogP contribution in [0.4, 0.5) is 5.69 Å². The lowest BCUT2D eigenvalue weighted by molar-refractivity contribution is -0.384. The number of esters is 1. The quantitative estimate of drug-likeness (QED) is 0.188. The van der Waals surface area contributed by atoms with Crippen LogP contribution in [0.3, 0.4) is 0 Å². The van der Waals surface area contributed by atoms with E-state index in [4.69, 9.17) is 13.9 Å². The standard InChI is InChI=1S/C29H25N3O7S/c1-5-38-28(34)25-17(3)30-29-31(26(25)20-8-6-7-9-22(20)37-4)27(33)24(40-29)15-18-11-13-23(39-18)19-12-10-16(2)14-21(19)32(35)36/h6-15,26H,5H2,1-4H3. The first-order valence-corrected chi connectivity index (χ1v) is 13.2. The van der Waals surface area contributed by atoms with Crippen molar-refractivity contribution < 1.29 is 23.6 Å². The van der Waals surface area contributed by atoms with Gasteiger partial charge in [-0.15, -0.1) is 0 Å². The number of furan rings is 1. The second kappa shape index (κ2) is 10.8. The zero-order valence-electron chi connectivity index (χ0n) is 22.2. The van der Waals surface area contributed by atoms with Crippen molar-refractivity contribution in [3.63, 3.8) is 0 Å². The highest BCUT2D eigenvalue weighted by Crippen LogP contribution is 2.36. The van der Waals surface area contributed by atoms with E-state index >= 15 is 0 Å². The summed E-state index contributed by atoms with van der Waals surface area (Å²) in [7, 11) is 1.52. The van der Waals surface area contributed by atoms with E-state index < -0.39 is 16.9 Å². The molecule has 2 aromatic carbocycles. The Morgan fingerprint density at radius 1 is 1.20 bits per heavy atom. The molecule has 1 unspecified atom stereocenters. The SMILES string of the molecule is CCOC(=O)C1=C(C)N=c2sc(=Cc3ccc(-c4ccc(C)cc4[N+](=O)[O-])o3)c(=O)n2C1c1ccccc1OC. The van der Waals surface area contributed by atoms with E-state index in [1.807, 2.05) is 0 Å². The molecule has 3 heterocycles. The van der Waals surface area contributed by atoms with E-state index in [0.29, 0.717) is 43.4 Å². The van der Waals surface area contributed by atoms with Crippen LogP contribution in [-0.2, 0) is 9.53 Å². The van der Waals surface area contributed by atoms with Crippen molar-refractivity contribution in [3.05, 3.63) is 113 Å². The number of fused-ring (bicyclic) bond motifs is 1. The summed E-state index contributed by atoms with van der Waals surface area (Å²) >= 11 is 1.15. The Morgan fingerprint density at radius 3 is 2.70 bits per heavy atom. The summed E-state index contributed by atoms with van der Waals surface area (Å²) in [6, 6.07) is 14.5. The number of nitrogens with zero attached hydrogens (tertiary/aromatic N) is 3. The number of benzene rings is 2. The molecule has 1 atom stereocenters. The fourth-order valence-electron chi connectivity index (χ4n) is 4.68. The van der Waals surface area contributed by atoms with Gasteiger partial charge >= 0.3 is 5.97 Å². The second-order valence-electron chi connectivity index (χ2n) is 9.02. The summed E-state index contributed by atoms with van der Waals surface area (Å²) < 4.78 is 18.6. The molecule has 0 aliphatic carbocycles. The number of nitro groups is 1. The number of hydrogen-bond acceptors (Lipinski definition) is 9. The van der Waals surface area contributed by atoms with Gasteiger partial charge in [0.2, 0.25) is 0 Å². The molecule has 0 spiro atoms. The van der Waals surface area contributed by atoms with Gasteiger partial charge in [0.05, 0.1) is 40.0 Å². The Hall–Kier alpha value is -4.77. The smallest absolute Gasteiger partial charge is 0.338 e. The molecule has 10 nitrogen and oxygen atoms in total. The number of ether oxygens (including phenoxy) is 2. The minimum Gasteiger partial charge on any atom is -0.496 e. The third kappa shape index (κ3) is 4.75. The van der Waals surface area contributed by atoms with Crippen molar-refractivity contribution in [3.8, 4) is 17.1 Å². The number of carbonyl (C=O) groups excluding carboxylic acids is 1. The van der Waals surface area contributed by atoms with Gasteiger partial charge in [-0.05, 0) is 50.6 Å². The highest BCUT2D eigenvalue weighted by Gasteiger charge is 2.35. The molecule has 0 saturated carbocycles. The molecule has 11 heteroatoms. The number of aromatic nitrogens is 1. The second-order valence-corrected chi connectivity index (χ2v) is 10.0. The Morgan fingerprint density at radius 2 is 1.98 bits per heavy atom. The first kappa shape index (κ1) is 26.8. The molecule has 0 fully saturated rings. The Kier molecular flexibility index (Phi) is 7.22. The van der Waals surface area contributed by atoms with E-state index in [1.165, 1.54) is 17.7 Å². The minimum atomic E-state index is -0.823. The van der Waals surface area contributed by atoms with Crippen LogP contribution in [0.2, 0.25) is 0 Å². The summed E-state index contributed by atoms with van der Waals surface area (Å²) in [6.45, 7) is 5.36. The van der Waals surface area contributed by atoms with Crippen LogP contribution in [0.25, 0.3) is 17.4 Å². The molecule has 0 saturated heterocycles. The van der Waals surface area contributed by atoms with E-state index in [-0.39, 0.29) is 23.4 Å². The number of methoxy groups -OCH3 is 1. The maximum absolute atomic E-state index is 13.8. The van der Waals surface area contributed by atoms with E-state index in [1.54, 1.807) is 75.4 Å². The molecule has 0 radical (unpaired) electrons. The van der Waals surface area contributed by atoms with Crippen molar-refractivity contribution in [2.24, 2.45) is 4.99 Å². The first-order chi connectivity index (χ1) is 19.2. The molecule has 1 aliphatic heterocycles. The maximum atomic E-state index is 13.8. The molecule has 5 rings (SSSR count). The molecule has 1 aliphatic rings. The molecule has 0 bridgehead atoms. The minimum absolute atomic E-state index is 0.0703. The first-order valence-electron chi connectivity index (χ1n) is 12.4. The summed E-state index contributed by atoms with van der Waals surface area (Å²) in [5.41, 5.74) is 1.94. The van der Waals surface area contributed by atoms with Gasteiger partial charge in [-0.3, -0.25) is 19.5 Å². The van der Waals surface area contributed by atoms with Crippen molar-refractivity contribution in [2.45, 2.75) is 26.8 Å². The summed E-state index contributed by atoms with van der Waals surface area (Å²) in [6.07, 6.45) is 1.57. The molecule has 4 aromatic rings. The lowest BCUT2D eigenvalue weighted by atomic mass is 9.95. The number of nitro benzene ring substituents is 1. The Bertz CT molecular complexity index is 1860. The van der Waals surface area contributed by atoms with Crippen LogP contribution >= 0.6 is 11.3 Å². The largest absolute Gasteiger partial charge is 0.496 e. The van der Waals surface area contributed by atoms with E-state index in [0.717, 1.165) is 16.9 Å². The van der Waals surface area contributed by atoms with Crippen molar-refractivity contribution in [1.29, 1.82) is 0 Å². The highest BCUT2D eigenvalue weighted by atomic mass is 32.1. The van der Waals surface area contributed by atoms with Gasteiger partial charge in [0.25, 0.3) is 11.2 Å². The fourth-order valence-corrected chi connectivity index (χ4v) is 5.71. The average Bonchev–Trinajstić information content (AvgIpc) is 3.52. The molecular formula is C29H25N3O7S. The summed E-state index contributed by atoms with van der Waals surface area (Å²) in [4.78, 5) is 43.0. The maximum Gasteiger partial charge on any atom is 0.338 e. The predicted octanol–water partition coefficient (Wildman–Crippen LogP) is 4.28. The summed E-state index contributed by atoms with van der Waals surface area (Å²) in [5.74, 6) is 0.585. The van der Waals surface area contributed by atoms with Crippen molar-refractivity contribution >= 4 is 29.1 Å². The Labute approximate surface area is 232 Å². The number of carbonyl (C=O) groups is 1. The number of allylic oxidation sites excluding steroid dienone is 1. The molecular weight excluding hydrogens is 534 g/mol. The van der Waals surface area contributed by atoms with Crippen LogP contribution < -0.4 is 19.6 Å². The van der Waals surface area contributed by atoms with Gasteiger partial charge in [0.15, 0.2) is 4.80 Å². The number of rotatable bonds is 7. The van der Waals surface area contributed by atoms with Crippen molar-refractivity contribution in [2.75, 3.05) is 13.7 Å². The Balaban J connectivity index is 1.66. The molecule has 0 amide bonds. The zero-order valence-corrected chi connectivity index (χ0v) is 23.0. The van der Waals surface area contributed by atoms with Crippen LogP contribution in [0.1, 0.15) is 36.8 Å². The normalized spacial score (nSPS) is 15.0. The monoisotopic (exact) mass is 559 g/mol. The highest BCUT2D eigenvalue weighted by molar-refractivity contribution is 7.07. The van der Waals surface area contributed by atoms with Crippen molar-refractivity contribution in [1.82, 2.24) is 4.57 Å². The molecule has 0 N–H and O–H groups in total. The lowest BCUT2D eigenvalue weighted by Gasteiger charge is -2.25. The van der Waals surface area contributed by atoms with Gasteiger partial charge in [-0.1, -0.05) is 35.6 Å². The van der Waals surface area contributed by atoms with Gasteiger partial charge in [-0.2, -0.15) is 0 Å². The predicted molar refractivity (Wildman–Crippen MR) is 149 cm³/mol. The van der Waals surface area contributed by atoms with Gasteiger partial charge in [-0.25, -0.2) is 9.79 Å². The third-order valence-corrected chi connectivity index (χ3v) is 7.45. The van der Waals surface area contributed by atoms with Crippen LogP contribution in [0.5, 0.6) is 5.75 Å². The van der Waals surface area contributed by atoms with Crippen LogP contribution in [0.15, 0.2) is 80.1 Å². The van der Waals surface area contributed by atoms with E-state index in [2.05, 4.69) is 4.99 Å². The lowest BCUT2D eigenvalue weighted by Crippen LogP contribution is -2.40. The summed E-state index contributed by atoms with van der Waals surface area (Å²) in [5, 5.41) is 11.6. The molecule has 2 aromatic heterocycles. The average molecular weight is 560 g/mol. The third-order valence-electron chi connectivity index (χ3n) is 6.47. The molecule has 40 heavy (non-hydrogen) atoms.